The summed E-state index contributed by atoms with van der Waals surface area (Å²) in [7, 11) is 0. The van der Waals surface area contributed by atoms with E-state index in [1.54, 1.807) is 0 Å². The van der Waals surface area contributed by atoms with Gasteiger partial charge in [-0.25, -0.2) is 0 Å². The van der Waals surface area contributed by atoms with Crippen molar-refractivity contribution in [2.45, 2.75) is 24.1 Å². The van der Waals surface area contributed by atoms with E-state index < -0.39 is 0 Å². The number of rotatable bonds is 0. The molecule has 0 fully saturated rings. The summed E-state index contributed by atoms with van der Waals surface area (Å²) in [4.78, 5) is 11.7. The molecule has 1 aliphatic rings. The van der Waals surface area contributed by atoms with E-state index in [1.807, 2.05) is 18.2 Å². The number of benzene rings is 1. The average Bonchev–Trinajstić information content (AvgIpc) is 2.15. The van der Waals surface area contributed by atoms with Crippen LogP contribution in [0.3, 0.4) is 0 Å². The van der Waals surface area contributed by atoms with Gasteiger partial charge in [-0.15, -0.1) is 0 Å². The topological polar surface area (TPSA) is 17.1 Å². The van der Waals surface area contributed by atoms with Crippen LogP contribution in [0.15, 0.2) is 24.3 Å². The first-order valence-electron chi connectivity index (χ1n) is 4.47. The van der Waals surface area contributed by atoms with Crippen molar-refractivity contribution in [1.29, 1.82) is 0 Å². The number of fused-ring (bicyclic) bond motifs is 1. The SMILES string of the molecule is CC1CC(Br)C(=O)c2ccccc21. The molecular formula is C11H11BrO. The Labute approximate surface area is 86.3 Å². The highest BCUT2D eigenvalue weighted by Gasteiger charge is 2.28. The van der Waals surface area contributed by atoms with Crippen LogP contribution in [0.4, 0.5) is 0 Å². The van der Waals surface area contributed by atoms with E-state index in [2.05, 4.69) is 28.9 Å². The minimum absolute atomic E-state index is 0.0115. The Balaban J connectivity index is 2.54. The van der Waals surface area contributed by atoms with Crippen molar-refractivity contribution < 1.29 is 4.79 Å². The fourth-order valence-corrected chi connectivity index (χ4v) is 2.67. The molecule has 0 bridgehead atoms. The predicted molar refractivity (Wildman–Crippen MR) is 56.5 cm³/mol. The zero-order valence-corrected chi connectivity index (χ0v) is 9.04. The maximum absolute atomic E-state index is 11.7. The van der Waals surface area contributed by atoms with Crippen molar-refractivity contribution >= 4 is 21.7 Å². The highest BCUT2D eigenvalue weighted by Crippen LogP contribution is 2.33. The number of hydrogen-bond donors (Lipinski definition) is 0. The summed E-state index contributed by atoms with van der Waals surface area (Å²) < 4.78 is 0. The molecule has 68 valence electrons. The number of ketones is 1. The summed E-state index contributed by atoms with van der Waals surface area (Å²) in [6, 6.07) is 7.89. The van der Waals surface area contributed by atoms with Crippen LogP contribution < -0.4 is 0 Å². The summed E-state index contributed by atoms with van der Waals surface area (Å²) in [5.41, 5.74) is 2.09. The third kappa shape index (κ3) is 1.44. The molecule has 2 rings (SSSR count). The Hall–Kier alpha value is -0.630. The van der Waals surface area contributed by atoms with Gasteiger partial charge in [0.1, 0.15) is 0 Å². The van der Waals surface area contributed by atoms with Gasteiger partial charge in [-0.2, -0.15) is 0 Å². The van der Waals surface area contributed by atoms with Gasteiger partial charge in [-0.1, -0.05) is 47.1 Å². The highest BCUT2D eigenvalue weighted by atomic mass is 79.9. The fourth-order valence-electron chi connectivity index (χ4n) is 1.86. The average molecular weight is 239 g/mol. The van der Waals surface area contributed by atoms with Gasteiger partial charge in [0.15, 0.2) is 5.78 Å². The monoisotopic (exact) mass is 238 g/mol. The summed E-state index contributed by atoms with van der Waals surface area (Å²) in [6.07, 6.45) is 0.913. The number of halogens is 1. The fraction of sp³-hybridized carbons (Fsp3) is 0.364. The second kappa shape index (κ2) is 3.26. The third-order valence-corrected chi connectivity index (χ3v) is 3.39. The molecule has 0 saturated heterocycles. The van der Waals surface area contributed by atoms with Crippen LogP contribution in [0.5, 0.6) is 0 Å². The molecule has 1 aliphatic carbocycles. The largest absolute Gasteiger partial charge is 0.293 e. The molecule has 2 heteroatoms. The number of Topliss-reactive ketones (excluding diaryl/α,β-unsaturated/α-hetero) is 1. The van der Waals surface area contributed by atoms with Crippen LogP contribution in [0.1, 0.15) is 35.2 Å². The summed E-state index contributed by atoms with van der Waals surface area (Å²) in [5.74, 6) is 0.715. The lowest BCUT2D eigenvalue weighted by Gasteiger charge is -2.24. The molecule has 0 aromatic heterocycles. The first-order chi connectivity index (χ1) is 6.20. The standard InChI is InChI=1S/C11H11BrO/c1-7-6-10(12)11(13)9-5-3-2-4-8(7)9/h2-5,7,10H,6H2,1H3. The Morgan fingerprint density at radius 1 is 1.38 bits per heavy atom. The molecule has 0 spiro atoms. The van der Waals surface area contributed by atoms with Crippen LogP contribution in [0, 0.1) is 0 Å². The Morgan fingerprint density at radius 3 is 2.85 bits per heavy atom. The molecule has 2 atom stereocenters. The number of alkyl halides is 1. The maximum Gasteiger partial charge on any atom is 0.176 e. The predicted octanol–water partition coefficient (Wildman–Crippen LogP) is 3.14. The molecule has 1 nitrogen and oxygen atoms in total. The van der Waals surface area contributed by atoms with Crippen molar-refractivity contribution in [2.75, 3.05) is 0 Å². The number of carbonyl (C=O) groups excluding carboxylic acids is 1. The van der Waals surface area contributed by atoms with Gasteiger partial charge in [0.2, 0.25) is 0 Å². The highest BCUT2D eigenvalue weighted by molar-refractivity contribution is 9.10. The van der Waals surface area contributed by atoms with Crippen molar-refractivity contribution in [3.8, 4) is 0 Å². The Kier molecular flexibility index (Phi) is 2.24. The van der Waals surface area contributed by atoms with E-state index in [0.29, 0.717) is 5.92 Å². The van der Waals surface area contributed by atoms with Crippen molar-refractivity contribution in [3.05, 3.63) is 35.4 Å². The van der Waals surface area contributed by atoms with Crippen molar-refractivity contribution in [2.24, 2.45) is 0 Å². The van der Waals surface area contributed by atoms with Gasteiger partial charge in [0, 0.05) is 5.56 Å². The van der Waals surface area contributed by atoms with Crippen LogP contribution >= 0.6 is 15.9 Å². The first kappa shape index (κ1) is 8.95. The molecule has 1 aromatic rings. The first-order valence-corrected chi connectivity index (χ1v) is 5.39. The van der Waals surface area contributed by atoms with Crippen LogP contribution in [0.25, 0.3) is 0 Å². The molecule has 0 saturated carbocycles. The van der Waals surface area contributed by atoms with Gasteiger partial charge in [0.25, 0.3) is 0 Å². The van der Waals surface area contributed by atoms with Crippen LogP contribution in [-0.4, -0.2) is 10.6 Å². The van der Waals surface area contributed by atoms with E-state index in [1.165, 1.54) is 5.56 Å². The molecule has 0 N–H and O–H groups in total. The van der Waals surface area contributed by atoms with Gasteiger partial charge in [-0.05, 0) is 17.9 Å². The zero-order valence-electron chi connectivity index (χ0n) is 7.46. The minimum atomic E-state index is 0.0115. The van der Waals surface area contributed by atoms with E-state index >= 15 is 0 Å². The quantitative estimate of drug-likeness (QED) is 0.635. The van der Waals surface area contributed by atoms with Gasteiger partial charge in [0.05, 0.1) is 4.83 Å². The third-order valence-electron chi connectivity index (χ3n) is 2.60. The summed E-state index contributed by atoms with van der Waals surface area (Å²) >= 11 is 3.41. The van der Waals surface area contributed by atoms with Crippen LogP contribution in [0.2, 0.25) is 0 Å². The zero-order chi connectivity index (χ0) is 9.42. The lowest BCUT2D eigenvalue weighted by Crippen LogP contribution is -2.24. The molecule has 0 radical (unpaired) electrons. The molecule has 0 aliphatic heterocycles. The smallest absolute Gasteiger partial charge is 0.176 e. The second-order valence-corrected chi connectivity index (χ2v) is 4.66. The van der Waals surface area contributed by atoms with Crippen molar-refractivity contribution in [3.63, 3.8) is 0 Å². The number of hydrogen-bond acceptors (Lipinski definition) is 1. The van der Waals surface area contributed by atoms with Gasteiger partial charge >= 0.3 is 0 Å². The molecule has 2 unspecified atom stereocenters. The van der Waals surface area contributed by atoms with E-state index in [-0.39, 0.29) is 10.6 Å². The van der Waals surface area contributed by atoms with E-state index in [0.717, 1.165) is 12.0 Å². The summed E-state index contributed by atoms with van der Waals surface area (Å²) in [5, 5.41) is 0. The lowest BCUT2D eigenvalue weighted by atomic mass is 9.83. The maximum atomic E-state index is 11.7. The Bertz CT molecular complexity index is 346. The van der Waals surface area contributed by atoms with E-state index in [9.17, 15) is 4.79 Å². The van der Waals surface area contributed by atoms with Crippen molar-refractivity contribution in [1.82, 2.24) is 0 Å². The molecule has 0 amide bonds. The lowest BCUT2D eigenvalue weighted by molar-refractivity contribution is 0.0977. The molecule has 0 heterocycles. The minimum Gasteiger partial charge on any atom is -0.293 e. The normalized spacial score (nSPS) is 27.1. The molecule has 13 heavy (non-hydrogen) atoms. The van der Waals surface area contributed by atoms with Crippen LogP contribution in [-0.2, 0) is 0 Å². The summed E-state index contributed by atoms with van der Waals surface area (Å²) in [6.45, 7) is 2.17. The number of carbonyl (C=O) groups is 1. The molecule has 1 aromatic carbocycles. The van der Waals surface area contributed by atoms with Gasteiger partial charge < -0.3 is 0 Å². The Morgan fingerprint density at radius 2 is 2.08 bits per heavy atom. The molecular weight excluding hydrogens is 228 g/mol. The van der Waals surface area contributed by atoms with E-state index in [4.69, 9.17) is 0 Å². The van der Waals surface area contributed by atoms with Gasteiger partial charge in [-0.3, -0.25) is 4.79 Å². The second-order valence-electron chi connectivity index (χ2n) is 3.56.